The number of nitrogens with one attached hydrogen (secondary N) is 2. The maximum atomic E-state index is 12.6. The van der Waals surface area contributed by atoms with Gasteiger partial charge in [-0.05, 0) is 37.1 Å². The molecule has 0 saturated carbocycles. The molecule has 3 rings (SSSR count). The van der Waals surface area contributed by atoms with E-state index in [1.165, 1.54) is 0 Å². The molecule has 1 atom stereocenters. The van der Waals surface area contributed by atoms with Crippen LogP contribution in [-0.4, -0.2) is 24.7 Å². The van der Waals surface area contributed by atoms with Crippen molar-refractivity contribution < 1.29 is 19.1 Å². The molecule has 1 aliphatic heterocycles. The summed E-state index contributed by atoms with van der Waals surface area (Å²) in [5.74, 6) is -0.608. The molecule has 0 aromatic heterocycles. The van der Waals surface area contributed by atoms with Gasteiger partial charge in [0.15, 0.2) is 5.78 Å². The number of rotatable bonds is 3. The Morgan fingerprint density at radius 1 is 1.22 bits per heavy atom. The molecular weight excluding hydrogens is 296 g/mol. The first-order chi connectivity index (χ1) is 11.1. The molecule has 1 unspecified atom stereocenters. The quantitative estimate of drug-likeness (QED) is 0.890. The van der Waals surface area contributed by atoms with Crippen LogP contribution in [0.4, 0.5) is 5.69 Å². The number of carbonyl (C=O) groups is 3. The SMILES string of the molecule is COc1ccc(NC(=O)C2CC(=O)NC3=C2C(=O)CCC3)cc1. The van der Waals surface area contributed by atoms with E-state index in [1.54, 1.807) is 31.4 Å². The predicted octanol–water partition coefficient (Wildman–Crippen LogP) is 1.78. The summed E-state index contributed by atoms with van der Waals surface area (Å²) in [5, 5.41) is 5.51. The summed E-state index contributed by atoms with van der Waals surface area (Å²) >= 11 is 0. The molecule has 2 aliphatic rings. The van der Waals surface area contributed by atoms with Gasteiger partial charge in [-0.1, -0.05) is 0 Å². The average molecular weight is 314 g/mol. The van der Waals surface area contributed by atoms with Crippen LogP contribution < -0.4 is 15.4 Å². The maximum Gasteiger partial charge on any atom is 0.232 e. The third-order valence-electron chi connectivity index (χ3n) is 4.16. The highest BCUT2D eigenvalue weighted by molar-refractivity contribution is 6.09. The van der Waals surface area contributed by atoms with Crippen LogP contribution >= 0.6 is 0 Å². The lowest BCUT2D eigenvalue weighted by molar-refractivity contribution is -0.128. The molecular formula is C17H18N2O4. The van der Waals surface area contributed by atoms with Crippen LogP contribution in [0.1, 0.15) is 25.7 Å². The lowest BCUT2D eigenvalue weighted by Gasteiger charge is -2.30. The zero-order valence-corrected chi connectivity index (χ0v) is 12.8. The Kier molecular flexibility index (Phi) is 4.14. The van der Waals surface area contributed by atoms with Gasteiger partial charge >= 0.3 is 0 Å². The number of hydrogen-bond donors (Lipinski definition) is 2. The molecule has 2 N–H and O–H groups in total. The second-order valence-corrected chi connectivity index (χ2v) is 5.69. The predicted molar refractivity (Wildman–Crippen MR) is 83.8 cm³/mol. The molecule has 23 heavy (non-hydrogen) atoms. The average Bonchev–Trinajstić information content (AvgIpc) is 2.54. The van der Waals surface area contributed by atoms with E-state index < -0.39 is 5.92 Å². The Hall–Kier alpha value is -2.63. The van der Waals surface area contributed by atoms with Crippen molar-refractivity contribution in [1.82, 2.24) is 5.32 Å². The number of amides is 2. The minimum atomic E-state index is -0.714. The van der Waals surface area contributed by atoms with Crippen molar-refractivity contribution in [2.45, 2.75) is 25.7 Å². The van der Waals surface area contributed by atoms with Crippen LogP contribution in [0.15, 0.2) is 35.5 Å². The summed E-state index contributed by atoms with van der Waals surface area (Å²) < 4.78 is 5.07. The summed E-state index contributed by atoms with van der Waals surface area (Å²) in [4.78, 5) is 36.6. The molecule has 0 radical (unpaired) electrons. The van der Waals surface area contributed by atoms with E-state index in [4.69, 9.17) is 4.74 Å². The first kappa shape index (κ1) is 15.3. The summed E-state index contributed by atoms with van der Waals surface area (Å²) in [6.07, 6.45) is 1.79. The summed E-state index contributed by atoms with van der Waals surface area (Å²) in [6, 6.07) is 6.91. The number of anilines is 1. The number of methoxy groups -OCH3 is 1. The molecule has 0 bridgehead atoms. The Morgan fingerprint density at radius 2 is 1.96 bits per heavy atom. The third kappa shape index (κ3) is 3.11. The number of Topliss-reactive ketones (excluding diaryl/α,β-unsaturated/α-hetero) is 1. The molecule has 120 valence electrons. The molecule has 0 saturated heterocycles. The van der Waals surface area contributed by atoms with Gasteiger partial charge in [-0.3, -0.25) is 14.4 Å². The van der Waals surface area contributed by atoms with Crippen LogP contribution in [-0.2, 0) is 14.4 Å². The zero-order chi connectivity index (χ0) is 16.4. The first-order valence-corrected chi connectivity index (χ1v) is 7.59. The molecule has 2 amide bonds. The van der Waals surface area contributed by atoms with Crippen molar-refractivity contribution in [3.05, 3.63) is 35.5 Å². The summed E-state index contributed by atoms with van der Waals surface area (Å²) in [5.41, 5.74) is 1.70. The summed E-state index contributed by atoms with van der Waals surface area (Å²) in [7, 11) is 1.57. The second-order valence-electron chi connectivity index (χ2n) is 5.69. The Bertz CT molecular complexity index is 691. The van der Waals surface area contributed by atoms with Gasteiger partial charge < -0.3 is 15.4 Å². The van der Waals surface area contributed by atoms with Gasteiger partial charge in [0.05, 0.1) is 13.0 Å². The Morgan fingerprint density at radius 3 is 2.65 bits per heavy atom. The largest absolute Gasteiger partial charge is 0.497 e. The van der Waals surface area contributed by atoms with Gasteiger partial charge in [0.2, 0.25) is 11.8 Å². The molecule has 1 aromatic carbocycles. The van der Waals surface area contributed by atoms with E-state index in [0.717, 1.165) is 0 Å². The van der Waals surface area contributed by atoms with E-state index in [9.17, 15) is 14.4 Å². The number of allylic oxidation sites excluding steroid dienone is 1. The van der Waals surface area contributed by atoms with Crippen molar-refractivity contribution in [3.8, 4) is 5.75 Å². The fourth-order valence-corrected chi connectivity index (χ4v) is 3.03. The van der Waals surface area contributed by atoms with E-state index in [0.29, 0.717) is 42.0 Å². The van der Waals surface area contributed by atoms with Gasteiger partial charge in [0.25, 0.3) is 0 Å². The summed E-state index contributed by atoms with van der Waals surface area (Å²) in [6.45, 7) is 0. The van der Waals surface area contributed by atoms with Crippen LogP contribution in [0.25, 0.3) is 0 Å². The highest BCUT2D eigenvalue weighted by atomic mass is 16.5. The number of ketones is 1. The molecule has 1 heterocycles. The highest BCUT2D eigenvalue weighted by Gasteiger charge is 2.37. The van der Waals surface area contributed by atoms with Crippen molar-refractivity contribution in [3.63, 3.8) is 0 Å². The van der Waals surface area contributed by atoms with Gasteiger partial charge in [-0.25, -0.2) is 0 Å². The fraction of sp³-hybridized carbons (Fsp3) is 0.353. The highest BCUT2D eigenvalue weighted by Crippen LogP contribution is 2.32. The van der Waals surface area contributed by atoms with Crippen LogP contribution in [0.2, 0.25) is 0 Å². The zero-order valence-electron chi connectivity index (χ0n) is 12.8. The topological polar surface area (TPSA) is 84.5 Å². The molecule has 1 aliphatic carbocycles. The normalized spacial score (nSPS) is 20.7. The minimum Gasteiger partial charge on any atom is -0.497 e. The van der Waals surface area contributed by atoms with E-state index in [2.05, 4.69) is 10.6 Å². The Labute approximate surface area is 133 Å². The van der Waals surface area contributed by atoms with Crippen LogP contribution in [0.5, 0.6) is 5.75 Å². The van der Waals surface area contributed by atoms with Gasteiger partial charge in [0, 0.05) is 29.8 Å². The lowest BCUT2D eigenvalue weighted by atomic mass is 9.81. The molecule has 0 spiro atoms. The van der Waals surface area contributed by atoms with Gasteiger partial charge in [-0.2, -0.15) is 0 Å². The van der Waals surface area contributed by atoms with E-state index in [-0.39, 0.29) is 24.0 Å². The van der Waals surface area contributed by atoms with Crippen molar-refractivity contribution in [1.29, 1.82) is 0 Å². The monoisotopic (exact) mass is 314 g/mol. The third-order valence-corrected chi connectivity index (χ3v) is 4.16. The second kappa shape index (κ2) is 6.24. The smallest absolute Gasteiger partial charge is 0.232 e. The fourth-order valence-electron chi connectivity index (χ4n) is 3.03. The van der Waals surface area contributed by atoms with Crippen molar-refractivity contribution >= 4 is 23.3 Å². The van der Waals surface area contributed by atoms with Crippen molar-refractivity contribution in [2.75, 3.05) is 12.4 Å². The van der Waals surface area contributed by atoms with Crippen LogP contribution in [0, 0.1) is 5.92 Å². The number of carbonyl (C=O) groups excluding carboxylic acids is 3. The molecule has 0 fully saturated rings. The minimum absolute atomic E-state index is 0.00651. The van der Waals surface area contributed by atoms with Gasteiger partial charge in [-0.15, -0.1) is 0 Å². The number of ether oxygens (including phenoxy) is 1. The number of hydrogen-bond acceptors (Lipinski definition) is 4. The first-order valence-electron chi connectivity index (χ1n) is 7.59. The standard InChI is InChI=1S/C17H18N2O4/c1-23-11-7-5-10(6-8-11)18-17(22)12-9-15(21)19-13-3-2-4-14(20)16(12)13/h5-8,12H,2-4,9H2,1H3,(H,18,22)(H,19,21). The number of benzene rings is 1. The van der Waals surface area contributed by atoms with E-state index in [1.807, 2.05) is 0 Å². The van der Waals surface area contributed by atoms with E-state index >= 15 is 0 Å². The van der Waals surface area contributed by atoms with Gasteiger partial charge in [0.1, 0.15) is 5.75 Å². The van der Waals surface area contributed by atoms with Crippen LogP contribution in [0.3, 0.4) is 0 Å². The van der Waals surface area contributed by atoms with Crippen molar-refractivity contribution in [2.24, 2.45) is 5.92 Å². The maximum absolute atomic E-state index is 12.6. The Balaban J connectivity index is 1.82. The molecule has 1 aromatic rings. The lowest BCUT2D eigenvalue weighted by Crippen LogP contribution is -2.41. The molecule has 6 nitrogen and oxygen atoms in total. The molecule has 6 heteroatoms.